The van der Waals surface area contributed by atoms with E-state index in [4.69, 9.17) is 5.11 Å². The number of carbonyl (C=O) groups excluding carboxylic acids is 1. The van der Waals surface area contributed by atoms with E-state index >= 15 is 0 Å². The number of aliphatic imine (C=N–C) groups is 1. The zero-order chi connectivity index (χ0) is 13.1. The maximum atomic E-state index is 11.8. The standard InChI is InChI=1S/C13H17NO3/c1-13(2,3)14-7-12(17)9-4-5-11(16)10(6-9)8-15/h4-7,15-16H,8H2,1-3H3. The molecule has 1 aromatic carbocycles. The van der Waals surface area contributed by atoms with E-state index in [0.29, 0.717) is 11.1 Å². The summed E-state index contributed by atoms with van der Waals surface area (Å²) in [5, 5.41) is 18.3. The number of rotatable bonds is 3. The molecular weight excluding hydrogens is 218 g/mol. The summed E-state index contributed by atoms with van der Waals surface area (Å²) in [4.78, 5) is 15.9. The summed E-state index contributed by atoms with van der Waals surface area (Å²) in [7, 11) is 0. The molecule has 17 heavy (non-hydrogen) atoms. The van der Waals surface area contributed by atoms with E-state index in [9.17, 15) is 9.90 Å². The van der Waals surface area contributed by atoms with Gasteiger partial charge in [0.25, 0.3) is 0 Å². The maximum Gasteiger partial charge on any atom is 0.203 e. The molecule has 1 aromatic rings. The molecule has 2 N–H and O–H groups in total. The van der Waals surface area contributed by atoms with Crippen LogP contribution >= 0.6 is 0 Å². The molecule has 0 saturated heterocycles. The van der Waals surface area contributed by atoms with Gasteiger partial charge < -0.3 is 10.2 Å². The zero-order valence-electron chi connectivity index (χ0n) is 10.3. The van der Waals surface area contributed by atoms with E-state index < -0.39 is 0 Å². The molecule has 4 heteroatoms. The van der Waals surface area contributed by atoms with Gasteiger partial charge in [-0.3, -0.25) is 9.79 Å². The fourth-order valence-electron chi connectivity index (χ4n) is 1.19. The maximum absolute atomic E-state index is 11.8. The van der Waals surface area contributed by atoms with Crippen LogP contribution in [0.3, 0.4) is 0 Å². The van der Waals surface area contributed by atoms with Gasteiger partial charge in [-0.15, -0.1) is 0 Å². The molecule has 0 heterocycles. The molecule has 0 bridgehead atoms. The quantitative estimate of drug-likeness (QED) is 0.621. The lowest BCUT2D eigenvalue weighted by atomic mass is 10.1. The van der Waals surface area contributed by atoms with Crippen LogP contribution in [0.4, 0.5) is 0 Å². The number of hydrogen-bond donors (Lipinski definition) is 2. The second-order valence-corrected chi connectivity index (χ2v) is 4.79. The third-order valence-corrected chi connectivity index (χ3v) is 2.10. The van der Waals surface area contributed by atoms with Gasteiger partial charge in [0.05, 0.1) is 18.4 Å². The van der Waals surface area contributed by atoms with Crippen LogP contribution < -0.4 is 0 Å². The third kappa shape index (κ3) is 4.00. The Hall–Kier alpha value is -1.68. The summed E-state index contributed by atoms with van der Waals surface area (Å²) in [5.41, 5.74) is 0.437. The number of benzene rings is 1. The lowest BCUT2D eigenvalue weighted by Crippen LogP contribution is -2.12. The largest absolute Gasteiger partial charge is 0.508 e. The second kappa shape index (κ2) is 5.10. The number of phenols is 1. The van der Waals surface area contributed by atoms with E-state index in [1.807, 2.05) is 20.8 Å². The minimum atomic E-state index is -0.302. The Morgan fingerprint density at radius 3 is 2.59 bits per heavy atom. The van der Waals surface area contributed by atoms with Crippen molar-refractivity contribution in [1.82, 2.24) is 0 Å². The molecule has 92 valence electrons. The Morgan fingerprint density at radius 1 is 1.41 bits per heavy atom. The minimum absolute atomic E-state index is 0.0168. The first-order chi connectivity index (χ1) is 7.83. The second-order valence-electron chi connectivity index (χ2n) is 4.79. The highest BCUT2D eigenvalue weighted by atomic mass is 16.3. The fourth-order valence-corrected chi connectivity index (χ4v) is 1.19. The highest BCUT2D eigenvalue weighted by molar-refractivity contribution is 6.35. The van der Waals surface area contributed by atoms with Crippen LogP contribution in [0.2, 0.25) is 0 Å². The SMILES string of the molecule is CC(C)(C)N=CC(=O)c1ccc(O)c(CO)c1. The molecule has 0 radical (unpaired) electrons. The zero-order valence-corrected chi connectivity index (χ0v) is 10.3. The lowest BCUT2D eigenvalue weighted by Gasteiger charge is -2.10. The first-order valence-electron chi connectivity index (χ1n) is 5.36. The van der Waals surface area contributed by atoms with Gasteiger partial charge in [0.1, 0.15) is 5.75 Å². The van der Waals surface area contributed by atoms with Crippen molar-refractivity contribution >= 4 is 12.0 Å². The molecule has 0 spiro atoms. The van der Waals surface area contributed by atoms with Gasteiger partial charge in [-0.1, -0.05) is 0 Å². The molecule has 4 nitrogen and oxygen atoms in total. The average Bonchev–Trinajstić information content (AvgIpc) is 2.25. The first-order valence-corrected chi connectivity index (χ1v) is 5.36. The summed E-state index contributed by atoms with van der Waals surface area (Å²) in [5.74, 6) is -0.258. The van der Waals surface area contributed by atoms with Gasteiger partial charge in [0.15, 0.2) is 0 Å². The van der Waals surface area contributed by atoms with Crippen LogP contribution in [0.1, 0.15) is 36.7 Å². The Balaban J connectivity index is 2.94. The number of carbonyl (C=O) groups is 1. The number of Topliss-reactive ketones (excluding diaryl/α,β-unsaturated/α-hetero) is 1. The van der Waals surface area contributed by atoms with Crippen LogP contribution in [-0.4, -0.2) is 27.7 Å². The topological polar surface area (TPSA) is 69.9 Å². The van der Waals surface area contributed by atoms with Crippen LogP contribution in [0.5, 0.6) is 5.75 Å². The van der Waals surface area contributed by atoms with Crippen molar-refractivity contribution in [2.75, 3.05) is 0 Å². The monoisotopic (exact) mass is 235 g/mol. The van der Waals surface area contributed by atoms with Crippen molar-refractivity contribution < 1.29 is 15.0 Å². The van der Waals surface area contributed by atoms with Crippen LogP contribution in [-0.2, 0) is 6.61 Å². The van der Waals surface area contributed by atoms with E-state index in [1.165, 1.54) is 24.4 Å². The van der Waals surface area contributed by atoms with Crippen LogP contribution in [0.15, 0.2) is 23.2 Å². The summed E-state index contributed by atoms with van der Waals surface area (Å²) < 4.78 is 0. The molecule has 0 aliphatic rings. The van der Waals surface area contributed by atoms with Gasteiger partial charge in [-0.2, -0.15) is 0 Å². The molecule has 0 unspecified atom stereocenters. The predicted octanol–water partition coefficient (Wildman–Crippen LogP) is 1.94. The molecule has 0 aromatic heterocycles. The van der Waals surface area contributed by atoms with Gasteiger partial charge in [-0.05, 0) is 39.0 Å². The molecule has 1 rings (SSSR count). The van der Waals surface area contributed by atoms with Crippen LogP contribution in [0.25, 0.3) is 0 Å². The van der Waals surface area contributed by atoms with Crippen LogP contribution in [0, 0.1) is 0 Å². The molecule has 0 saturated carbocycles. The smallest absolute Gasteiger partial charge is 0.203 e. The van der Waals surface area contributed by atoms with Crippen molar-refractivity contribution in [3.8, 4) is 5.75 Å². The number of ketones is 1. The fraction of sp³-hybridized carbons (Fsp3) is 0.385. The number of hydrogen-bond acceptors (Lipinski definition) is 4. The molecule has 0 aliphatic carbocycles. The number of aliphatic hydroxyl groups is 1. The number of nitrogens with zero attached hydrogens (tertiary/aromatic N) is 1. The van der Waals surface area contributed by atoms with Gasteiger partial charge in [-0.25, -0.2) is 0 Å². The predicted molar refractivity (Wildman–Crippen MR) is 66.6 cm³/mol. The van der Waals surface area contributed by atoms with Gasteiger partial charge in [0.2, 0.25) is 5.78 Å². The minimum Gasteiger partial charge on any atom is -0.508 e. The Bertz CT molecular complexity index is 444. The first kappa shape index (κ1) is 13.4. The van der Waals surface area contributed by atoms with Crippen molar-refractivity contribution in [1.29, 1.82) is 0 Å². The highest BCUT2D eigenvalue weighted by Gasteiger charge is 2.10. The molecule has 0 amide bonds. The average molecular weight is 235 g/mol. The normalized spacial score (nSPS) is 12.0. The van der Waals surface area contributed by atoms with E-state index in [2.05, 4.69) is 4.99 Å². The summed E-state index contributed by atoms with van der Waals surface area (Å²) >= 11 is 0. The Morgan fingerprint density at radius 2 is 2.06 bits per heavy atom. The third-order valence-electron chi connectivity index (χ3n) is 2.10. The van der Waals surface area contributed by atoms with Gasteiger partial charge >= 0.3 is 0 Å². The Labute approximate surface area is 101 Å². The van der Waals surface area contributed by atoms with Crippen molar-refractivity contribution in [3.05, 3.63) is 29.3 Å². The van der Waals surface area contributed by atoms with Crippen molar-refractivity contribution in [3.63, 3.8) is 0 Å². The summed E-state index contributed by atoms with van der Waals surface area (Å²) in [6, 6.07) is 4.36. The van der Waals surface area contributed by atoms with Crippen molar-refractivity contribution in [2.24, 2.45) is 4.99 Å². The summed E-state index contributed by atoms with van der Waals surface area (Å²) in [6.45, 7) is 5.38. The lowest BCUT2D eigenvalue weighted by molar-refractivity contribution is 0.107. The number of aromatic hydroxyl groups is 1. The Kier molecular flexibility index (Phi) is 4.02. The molecule has 0 aliphatic heterocycles. The van der Waals surface area contributed by atoms with Crippen molar-refractivity contribution in [2.45, 2.75) is 32.9 Å². The molecule has 0 fully saturated rings. The molecule has 0 atom stereocenters. The van der Waals surface area contributed by atoms with Gasteiger partial charge in [0, 0.05) is 11.1 Å². The van der Waals surface area contributed by atoms with E-state index in [0.717, 1.165) is 0 Å². The van der Waals surface area contributed by atoms with E-state index in [1.54, 1.807) is 0 Å². The highest BCUT2D eigenvalue weighted by Crippen LogP contribution is 2.18. The summed E-state index contributed by atoms with van der Waals surface area (Å²) in [6.07, 6.45) is 1.27. The number of aliphatic hydroxyl groups excluding tert-OH is 1. The molecular formula is C13H17NO3. The van der Waals surface area contributed by atoms with E-state index in [-0.39, 0.29) is 23.7 Å².